The first-order chi connectivity index (χ1) is 20.2. The van der Waals surface area contributed by atoms with E-state index in [4.69, 9.17) is 4.74 Å². The normalized spacial score (nSPS) is 16.4. The molecular formula is C31H35N5O5S. The molecule has 0 bridgehead atoms. The molecule has 10 nitrogen and oxygen atoms in total. The Hall–Kier alpha value is -4.19. The van der Waals surface area contributed by atoms with Gasteiger partial charge in [-0.2, -0.15) is 0 Å². The molecule has 3 N–H and O–H groups in total. The molecular weight excluding hydrogens is 554 g/mol. The van der Waals surface area contributed by atoms with Gasteiger partial charge in [0.25, 0.3) is 0 Å². The molecule has 3 aromatic rings. The number of carbonyl (C=O) groups excluding carboxylic acids is 2. The van der Waals surface area contributed by atoms with Crippen molar-refractivity contribution >= 4 is 44.5 Å². The van der Waals surface area contributed by atoms with Crippen molar-refractivity contribution in [3.05, 3.63) is 95.2 Å². The number of sulfonamides is 1. The van der Waals surface area contributed by atoms with Crippen LogP contribution in [0.15, 0.2) is 78.5 Å². The van der Waals surface area contributed by atoms with Crippen LogP contribution in [0.2, 0.25) is 0 Å². The van der Waals surface area contributed by atoms with Crippen molar-refractivity contribution in [2.45, 2.75) is 6.92 Å². The summed E-state index contributed by atoms with van der Waals surface area (Å²) in [5.41, 5.74) is 4.27. The van der Waals surface area contributed by atoms with Crippen LogP contribution in [0.25, 0.3) is 5.70 Å². The second kappa shape index (κ2) is 12.8. The van der Waals surface area contributed by atoms with Crippen molar-refractivity contribution in [1.29, 1.82) is 0 Å². The van der Waals surface area contributed by atoms with E-state index >= 15 is 0 Å². The molecule has 2 aliphatic rings. The molecule has 3 aromatic carbocycles. The predicted octanol–water partition coefficient (Wildman–Crippen LogP) is 3.62. The number of carbonyl (C=O) groups is 2. The monoisotopic (exact) mass is 589 g/mol. The minimum absolute atomic E-state index is 0.209. The van der Waals surface area contributed by atoms with Gasteiger partial charge >= 0.3 is 5.97 Å². The lowest BCUT2D eigenvalue weighted by Gasteiger charge is -2.30. The maximum absolute atomic E-state index is 13.5. The Morgan fingerprint density at radius 3 is 2.38 bits per heavy atom. The largest absolute Gasteiger partial charge is 0.462 e. The van der Waals surface area contributed by atoms with Crippen molar-refractivity contribution in [2.24, 2.45) is 0 Å². The minimum Gasteiger partial charge on any atom is -0.462 e. The van der Waals surface area contributed by atoms with Gasteiger partial charge in [-0.1, -0.05) is 30.3 Å². The van der Waals surface area contributed by atoms with Gasteiger partial charge in [-0.15, -0.1) is 0 Å². The van der Waals surface area contributed by atoms with Crippen LogP contribution in [0, 0.1) is 0 Å². The first-order valence-corrected chi connectivity index (χ1v) is 15.8. The van der Waals surface area contributed by atoms with Crippen LogP contribution in [-0.4, -0.2) is 77.2 Å². The lowest BCUT2D eigenvalue weighted by molar-refractivity contribution is 0.0526. The van der Waals surface area contributed by atoms with E-state index in [1.165, 1.54) is 10.6 Å². The molecule has 2 aliphatic heterocycles. The van der Waals surface area contributed by atoms with E-state index in [1.54, 1.807) is 49.4 Å². The van der Waals surface area contributed by atoms with Crippen LogP contribution in [0.5, 0.6) is 0 Å². The highest BCUT2D eigenvalue weighted by atomic mass is 32.2. The minimum atomic E-state index is -3.49. The highest BCUT2D eigenvalue weighted by Gasteiger charge is 2.29. The summed E-state index contributed by atoms with van der Waals surface area (Å²) in [6.45, 7) is 6.56. The second-order valence-electron chi connectivity index (χ2n) is 10.1. The molecule has 0 spiro atoms. The molecule has 2 heterocycles. The van der Waals surface area contributed by atoms with Crippen molar-refractivity contribution in [3.63, 3.8) is 0 Å². The quantitative estimate of drug-likeness (QED) is 0.241. The fourth-order valence-corrected chi connectivity index (χ4v) is 6.00. The summed E-state index contributed by atoms with van der Waals surface area (Å²) in [5, 5.41) is 9.88. The van der Waals surface area contributed by atoms with Gasteiger partial charge in [0.15, 0.2) is 0 Å². The Bertz CT molecular complexity index is 1580. The maximum atomic E-state index is 13.5. The van der Waals surface area contributed by atoms with Gasteiger partial charge in [0.05, 0.1) is 35.5 Å². The van der Waals surface area contributed by atoms with Crippen molar-refractivity contribution in [2.75, 3.05) is 67.1 Å². The Morgan fingerprint density at radius 2 is 1.71 bits per heavy atom. The summed E-state index contributed by atoms with van der Waals surface area (Å²) in [4.78, 5) is 28.0. The second-order valence-corrected chi connectivity index (χ2v) is 12.1. The molecule has 1 fully saturated rings. The molecule has 0 amide bonds. The number of esters is 1. The number of hydrogen-bond donors (Lipinski definition) is 3. The fourth-order valence-electron chi connectivity index (χ4n) is 5.08. The number of fused-ring (bicyclic) bond motifs is 1. The molecule has 5 rings (SSSR count). The summed E-state index contributed by atoms with van der Waals surface area (Å²) in [6, 6.07) is 21.4. The number of ether oxygens (including phenoxy) is 1. The van der Waals surface area contributed by atoms with E-state index in [1.807, 2.05) is 30.3 Å². The molecule has 0 atom stereocenters. The third-order valence-electron chi connectivity index (χ3n) is 7.23. The number of hydrogen-bond acceptors (Lipinski definition) is 9. The Morgan fingerprint density at radius 1 is 1.00 bits per heavy atom. The van der Waals surface area contributed by atoms with Crippen LogP contribution in [0.4, 0.5) is 17.1 Å². The number of nitrogens with zero attached hydrogens (tertiary/aromatic N) is 2. The van der Waals surface area contributed by atoms with Gasteiger partial charge in [0, 0.05) is 56.1 Å². The SMILES string of the molecule is CCOC(=O)c1ccc2c(c1)NC(=C(Nc1ccc(N(CCN3CCNCC3)S(C)(=O)=O)cc1)c1ccccc1)C2=O. The summed E-state index contributed by atoms with van der Waals surface area (Å²) < 4.78 is 31.9. The van der Waals surface area contributed by atoms with E-state index in [-0.39, 0.29) is 12.4 Å². The van der Waals surface area contributed by atoms with E-state index in [9.17, 15) is 18.0 Å². The average molecular weight is 590 g/mol. The smallest absolute Gasteiger partial charge is 0.338 e. The first-order valence-electron chi connectivity index (χ1n) is 13.9. The number of nitrogens with one attached hydrogen (secondary N) is 3. The van der Waals surface area contributed by atoms with Gasteiger partial charge < -0.3 is 20.7 Å². The number of ketones is 1. The Balaban J connectivity index is 1.41. The molecule has 42 heavy (non-hydrogen) atoms. The number of allylic oxidation sites excluding steroid dienone is 1. The summed E-state index contributed by atoms with van der Waals surface area (Å²) >= 11 is 0. The molecule has 220 valence electrons. The summed E-state index contributed by atoms with van der Waals surface area (Å²) in [5.74, 6) is -0.663. The van der Waals surface area contributed by atoms with Crippen molar-refractivity contribution < 1.29 is 22.7 Å². The number of benzene rings is 3. The van der Waals surface area contributed by atoms with Gasteiger partial charge in [-0.3, -0.25) is 14.0 Å². The number of Topliss-reactive ketones (excluding diaryl/α,β-unsaturated/α-hetero) is 1. The first kappa shape index (κ1) is 29.3. The van der Waals surface area contributed by atoms with Crippen LogP contribution in [0.3, 0.4) is 0 Å². The van der Waals surface area contributed by atoms with Crippen LogP contribution in [0.1, 0.15) is 33.2 Å². The van der Waals surface area contributed by atoms with Crippen molar-refractivity contribution in [1.82, 2.24) is 10.2 Å². The third kappa shape index (κ3) is 6.64. The standard InChI is InChI=1S/C31H35N5O5S/c1-3-41-31(38)23-9-14-26-27(21-23)34-29(30(26)37)28(22-7-5-4-6-8-22)33-24-10-12-25(13-11-24)36(42(2,39)40)20-19-35-17-15-32-16-18-35/h4-14,21,32-34H,3,15-20H2,1-2H3. The zero-order chi connectivity index (χ0) is 29.7. The molecule has 1 saturated heterocycles. The third-order valence-corrected chi connectivity index (χ3v) is 8.42. The van der Waals surface area contributed by atoms with E-state index in [0.717, 1.165) is 31.7 Å². The number of rotatable bonds is 10. The molecule has 0 aromatic heterocycles. The maximum Gasteiger partial charge on any atom is 0.338 e. The average Bonchev–Trinajstić information content (AvgIpc) is 3.32. The zero-order valence-electron chi connectivity index (χ0n) is 23.7. The van der Waals surface area contributed by atoms with E-state index < -0.39 is 16.0 Å². The van der Waals surface area contributed by atoms with E-state index in [0.29, 0.717) is 52.7 Å². The molecule has 0 unspecified atom stereocenters. The lowest BCUT2D eigenvalue weighted by atomic mass is 10.0. The summed E-state index contributed by atoms with van der Waals surface area (Å²) in [6.07, 6.45) is 1.22. The highest BCUT2D eigenvalue weighted by molar-refractivity contribution is 7.92. The number of anilines is 3. The van der Waals surface area contributed by atoms with Crippen LogP contribution >= 0.6 is 0 Å². The van der Waals surface area contributed by atoms with Gasteiger partial charge in [-0.25, -0.2) is 13.2 Å². The van der Waals surface area contributed by atoms with E-state index in [2.05, 4.69) is 20.9 Å². The summed E-state index contributed by atoms with van der Waals surface area (Å²) in [7, 11) is -3.49. The zero-order valence-corrected chi connectivity index (χ0v) is 24.5. The molecule has 11 heteroatoms. The fraction of sp³-hybridized carbons (Fsp3) is 0.290. The number of piperazine rings is 1. The Labute approximate surface area is 246 Å². The predicted molar refractivity (Wildman–Crippen MR) is 165 cm³/mol. The van der Waals surface area contributed by atoms with Crippen LogP contribution < -0.4 is 20.3 Å². The topological polar surface area (TPSA) is 120 Å². The molecule has 0 radical (unpaired) electrons. The Kier molecular flexibility index (Phi) is 8.91. The lowest BCUT2D eigenvalue weighted by Crippen LogP contribution is -2.47. The van der Waals surface area contributed by atoms with Gasteiger partial charge in [0.1, 0.15) is 5.70 Å². The van der Waals surface area contributed by atoms with Gasteiger partial charge in [0.2, 0.25) is 15.8 Å². The molecule has 0 aliphatic carbocycles. The van der Waals surface area contributed by atoms with Gasteiger partial charge in [-0.05, 0) is 49.4 Å². The highest BCUT2D eigenvalue weighted by Crippen LogP contribution is 2.34. The van der Waals surface area contributed by atoms with Crippen molar-refractivity contribution in [3.8, 4) is 0 Å². The van der Waals surface area contributed by atoms with Crippen LogP contribution in [-0.2, 0) is 14.8 Å². The molecule has 0 saturated carbocycles.